The summed E-state index contributed by atoms with van der Waals surface area (Å²) in [6, 6.07) is 0. The lowest BCUT2D eigenvalue weighted by Crippen LogP contribution is -2.12. The van der Waals surface area contributed by atoms with Gasteiger partial charge in [-0.3, -0.25) is 4.79 Å². The van der Waals surface area contributed by atoms with Crippen molar-refractivity contribution >= 4 is 5.97 Å². The van der Waals surface area contributed by atoms with Crippen molar-refractivity contribution in [2.24, 2.45) is 5.92 Å². The fraction of sp³-hybridized carbons (Fsp3) is 0.944. The molecular formula is C18H36O2. The third-order valence-corrected chi connectivity index (χ3v) is 4.25. The van der Waals surface area contributed by atoms with Crippen molar-refractivity contribution in [3.05, 3.63) is 0 Å². The Morgan fingerprint density at radius 2 is 1.15 bits per heavy atom. The lowest BCUT2D eigenvalue weighted by molar-refractivity contribution is -0.142. The van der Waals surface area contributed by atoms with E-state index in [0.717, 1.165) is 19.3 Å². The van der Waals surface area contributed by atoms with Crippen molar-refractivity contribution in [3.8, 4) is 0 Å². The maximum absolute atomic E-state index is 10.9. The van der Waals surface area contributed by atoms with Crippen LogP contribution in [0, 0.1) is 5.92 Å². The number of rotatable bonds is 15. The number of carbonyl (C=O) groups is 1. The van der Waals surface area contributed by atoms with Crippen LogP contribution in [0.25, 0.3) is 0 Å². The topological polar surface area (TPSA) is 37.3 Å². The molecule has 0 rings (SSSR count). The number of aliphatic carboxylic acids is 1. The molecule has 0 aromatic rings. The molecule has 0 aliphatic carbocycles. The van der Waals surface area contributed by atoms with Crippen LogP contribution in [0.5, 0.6) is 0 Å². The summed E-state index contributed by atoms with van der Waals surface area (Å²) in [5.41, 5.74) is 0. The van der Waals surface area contributed by atoms with E-state index < -0.39 is 5.97 Å². The Hall–Kier alpha value is -0.530. The van der Waals surface area contributed by atoms with Gasteiger partial charge in [-0.25, -0.2) is 0 Å². The van der Waals surface area contributed by atoms with Gasteiger partial charge in [-0.05, 0) is 12.8 Å². The molecule has 1 N–H and O–H groups in total. The Bertz CT molecular complexity index is 213. The minimum Gasteiger partial charge on any atom is -0.481 e. The zero-order valence-electron chi connectivity index (χ0n) is 13.8. The summed E-state index contributed by atoms with van der Waals surface area (Å²) in [6.07, 6.45) is 17.7. The fourth-order valence-electron chi connectivity index (χ4n) is 2.73. The van der Waals surface area contributed by atoms with Crippen LogP contribution < -0.4 is 0 Å². The van der Waals surface area contributed by atoms with E-state index in [-0.39, 0.29) is 5.92 Å². The van der Waals surface area contributed by atoms with Crippen LogP contribution in [-0.4, -0.2) is 11.1 Å². The summed E-state index contributed by atoms with van der Waals surface area (Å²) in [6.45, 7) is 4.23. The van der Waals surface area contributed by atoms with E-state index in [1.807, 2.05) is 6.92 Å². The Morgan fingerprint density at radius 1 is 0.750 bits per heavy atom. The number of carboxylic acids is 1. The van der Waals surface area contributed by atoms with Gasteiger partial charge in [-0.2, -0.15) is 0 Å². The molecule has 0 amide bonds. The van der Waals surface area contributed by atoms with Crippen LogP contribution in [0.1, 0.15) is 104 Å². The predicted octanol–water partition coefficient (Wildman–Crippen LogP) is 6.19. The molecule has 0 bridgehead atoms. The molecule has 2 heteroatoms. The highest BCUT2D eigenvalue weighted by Crippen LogP contribution is 2.16. The average Bonchev–Trinajstić information content (AvgIpc) is 2.43. The van der Waals surface area contributed by atoms with Gasteiger partial charge in [0.15, 0.2) is 0 Å². The molecule has 0 fully saturated rings. The van der Waals surface area contributed by atoms with E-state index in [4.69, 9.17) is 5.11 Å². The lowest BCUT2D eigenvalue weighted by Gasteiger charge is -2.08. The minimum atomic E-state index is -0.615. The molecule has 0 aliphatic rings. The van der Waals surface area contributed by atoms with E-state index >= 15 is 0 Å². The SMILES string of the molecule is CCCCCCCCCCCCCCC(CC)C(=O)O. The molecule has 0 aliphatic heterocycles. The van der Waals surface area contributed by atoms with Gasteiger partial charge in [0.2, 0.25) is 0 Å². The number of hydrogen-bond acceptors (Lipinski definition) is 1. The van der Waals surface area contributed by atoms with Crippen LogP contribution in [0.15, 0.2) is 0 Å². The molecule has 20 heavy (non-hydrogen) atoms. The lowest BCUT2D eigenvalue weighted by atomic mass is 9.98. The average molecular weight is 284 g/mol. The molecule has 0 aromatic heterocycles. The molecule has 0 aromatic carbocycles. The molecular weight excluding hydrogens is 248 g/mol. The van der Waals surface area contributed by atoms with Crippen LogP contribution >= 0.6 is 0 Å². The van der Waals surface area contributed by atoms with E-state index in [1.54, 1.807) is 0 Å². The van der Waals surface area contributed by atoms with Gasteiger partial charge in [0.05, 0.1) is 5.92 Å². The largest absolute Gasteiger partial charge is 0.481 e. The molecule has 0 spiro atoms. The molecule has 0 radical (unpaired) electrons. The first-order valence-corrected chi connectivity index (χ1v) is 8.95. The van der Waals surface area contributed by atoms with Crippen LogP contribution in [0.3, 0.4) is 0 Å². The number of unbranched alkanes of at least 4 members (excludes halogenated alkanes) is 11. The quantitative estimate of drug-likeness (QED) is 0.364. The first-order valence-electron chi connectivity index (χ1n) is 8.95. The van der Waals surface area contributed by atoms with Crippen molar-refractivity contribution in [1.29, 1.82) is 0 Å². The first kappa shape index (κ1) is 19.5. The third-order valence-electron chi connectivity index (χ3n) is 4.25. The van der Waals surface area contributed by atoms with E-state index in [2.05, 4.69) is 6.92 Å². The molecule has 1 unspecified atom stereocenters. The Morgan fingerprint density at radius 3 is 1.50 bits per heavy atom. The fourth-order valence-corrected chi connectivity index (χ4v) is 2.73. The summed E-state index contributed by atoms with van der Waals surface area (Å²) < 4.78 is 0. The van der Waals surface area contributed by atoms with Gasteiger partial charge >= 0.3 is 5.97 Å². The highest BCUT2D eigenvalue weighted by Gasteiger charge is 2.13. The molecule has 0 saturated carbocycles. The zero-order chi connectivity index (χ0) is 15.1. The molecule has 2 nitrogen and oxygen atoms in total. The summed E-state index contributed by atoms with van der Waals surface area (Å²) in [5.74, 6) is -0.728. The zero-order valence-corrected chi connectivity index (χ0v) is 13.8. The number of carboxylic acid groups (broad SMARTS) is 1. The van der Waals surface area contributed by atoms with Crippen molar-refractivity contribution in [2.45, 2.75) is 104 Å². The van der Waals surface area contributed by atoms with Gasteiger partial charge in [0.1, 0.15) is 0 Å². The second-order valence-electron chi connectivity index (χ2n) is 6.12. The van der Waals surface area contributed by atoms with Crippen LogP contribution in [0.4, 0.5) is 0 Å². The van der Waals surface area contributed by atoms with E-state index in [0.29, 0.717) is 0 Å². The Labute approximate surface area is 126 Å². The van der Waals surface area contributed by atoms with Crippen LogP contribution in [0.2, 0.25) is 0 Å². The Balaban J connectivity index is 3.15. The molecule has 0 saturated heterocycles. The summed E-state index contributed by atoms with van der Waals surface area (Å²) in [7, 11) is 0. The normalized spacial score (nSPS) is 12.5. The second kappa shape index (κ2) is 14.9. The van der Waals surface area contributed by atoms with Crippen molar-refractivity contribution in [1.82, 2.24) is 0 Å². The Kier molecular flexibility index (Phi) is 14.5. The third kappa shape index (κ3) is 12.5. The summed E-state index contributed by atoms with van der Waals surface area (Å²) in [4.78, 5) is 10.9. The smallest absolute Gasteiger partial charge is 0.306 e. The van der Waals surface area contributed by atoms with Gasteiger partial charge in [-0.15, -0.1) is 0 Å². The summed E-state index contributed by atoms with van der Waals surface area (Å²) >= 11 is 0. The van der Waals surface area contributed by atoms with Crippen molar-refractivity contribution in [3.63, 3.8) is 0 Å². The minimum absolute atomic E-state index is 0.113. The van der Waals surface area contributed by atoms with Gasteiger partial charge in [0.25, 0.3) is 0 Å². The predicted molar refractivity (Wildman–Crippen MR) is 87.1 cm³/mol. The monoisotopic (exact) mass is 284 g/mol. The first-order chi connectivity index (χ1) is 9.72. The van der Waals surface area contributed by atoms with Crippen LogP contribution in [-0.2, 0) is 4.79 Å². The molecule has 120 valence electrons. The van der Waals surface area contributed by atoms with E-state index in [9.17, 15) is 4.79 Å². The van der Waals surface area contributed by atoms with Gasteiger partial charge < -0.3 is 5.11 Å². The van der Waals surface area contributed by atoms with Crippen molar-refractivity contribution < 1.29 is 9.90 Å². The summed E-state index contributed by atoms with van der Waals surface area (Å²) in [5, 5.41) is 8.95. The maximum atomic E-state index is 10.9. The van der Waals surface area contributed by atoms with Gasteiger partial charge in [-0.1, -0.05) is 90.9 Å². The highest BCUT2D eigenvalue weighted by molar-refractivity contribution is 5.69. The second-order valence-corrected chi connectivity index (χ2v) is 6.12. The molecule has 1 atom stereocenters. The highest BCUT2D eigenvalue weighted by atomic mass is 16.4. The van der Waals surface area contributed by atoms with Crippen molar-refractivity contribution in [2.75, 3.05) is 0 Å². The maximum Gasteiger partial charge on any atom is 0.306 e. The number of hydrogen-bond donors (Lipinski definition) is 1. The molecule has 0 heterocycles. The van der Waals surface area contributed by atoms with E-state index in [1.165, 1.54) is 70.6 Å². The van der Waals surface area contributed by atoms with Gasteiger partial charge in [0, 0.05) is 0 Å². The standard InChI is InChI=1S/C18H36O2/c1-3-5-6-7-8-9-10-11-12-13-14-15-16-17(4-2)18(19)20/h17H,3-16H2,1-2H3,(H,19,20).